The molecule has 2 heterocycles. The molecule has 1 aromatic rings. The molecule has 2 fully saturated rings. The largest absolute Gasteiger partial charge is 0.497 e. The monoisotopic (exact) mass is 423 g/mol. The smallest absolute Gasteiger partial charge is 0.253 e. The van der Waals surface area contributed by atoms with Gasteiger partial charge in [-0.25, -0.2) is 12.7 Å². The molecule has 0 unspecified atom stereocenters. The highest BCUT2D eigenvalue weighted by Gasteiger charge is 2.45. The average Bonchev–Trinajstić information content (AvgIpc) is 3.03. The summed E-state index contributed by atoms with van der Waals surface area (Å²) in [6, 6.07) is 6.64. The molecule has 3 rings (SSSR count). The molecule has 8 nitrogen and oxygen atoms in total. The van der Waals surface area contributed by atoms with Crippen LogP contribution in [0.3, 0.4) is 0 Å². The molecule has 1 N–H and O–H groups in total. The molecule has 9 heteroatoms. The van der Waals surface area contributed by atoms with Crippen LogP contribution in [0.2, 0.25) is 0 Å². The van der Waals surface area contributed by atoms with E-state index in [4.69, 9.17) is 4.74 Å². The van der Waals surface area contributed by atoms with E-state index in [2.05, 4.69) is 5.32 Å². The Labute approximate surface area is 172 Å². The van der Waals surface area contributed by atoms with Crippen LogP contribution >= 0.6 is 0 Å². The Kier molecular flexibility index (Phi) is 6.48. The van der Waals surface area contributed by atoms with Crippen molar-refractivity contribution in [1.29, 1.82) is 0 Å². The van der Waals surface area contributed by atoms with Crippen LogP contribution in [0.4, 0.5) is 0 Å². The Bertz CT molecular complexity index is 853. The molecular formula is C20H29N3O5S. The molecule has 2 atom stereocenters. The zero-order valence-electron chi connectivity index (χ0n) is 17.1. The van der Waals surface area contributed by atoms with Gasteiger partial charge in [-0.15, -0.1) is 0 Å². The lowest BCUT2D eigenvalue weighted by Crippen LogP contribution is -2.45. The van der Waals surface area contributed by atoms with Gasteiger partial charge in [0.2, 0.25) is 15.9 Å². The number of hydrogen-bond donors (Lipinski definition) is 1. The van der Waals surface area contributed by atoms with Crippen LogP contribution in [-0.4, -0.2) is 74.0 Å². The number of carbonyl (C=O) groups is 2. The first kappa shape index (κ1) is 21.6. The van der Waals surface area contributed by atoms with E-state index in [1.165, 1.54) is 0 Å². The number of nitrogens with zero attached hydrogens (tertiary/aromatic N) is 2. The third kappa shape index (κ3) is 5.08. The quantitative estimate of drug-likeness (QED) is 0.721. The van der Waals surface area contributed by atoms with Crippen LogP contribution in [0.15, 0.2) is 24.3 Å². The number of rotatable bonds is 6. The summed E-state index contributed by atoms with van der Waals surface area (Å²) in [4.78, 5) is 27.3. The van der Waals surface area contributed by atoms with Gasteiger partial charge >= 0.3 is 0 Å². The Hall–Kier alpha value is -2.13. The van der Waals surface area contributed by atoms with Crippen LogP contribution in [0.5, 0.6) is 5.75 Å². The standard InChI is InChI=1S/C20H29N3O5S/c1-14(2)12-23-20(25)18-11-16(13-22(18)8-9-29(23,26)27)21-19(24)10-15-4-6-17(28-3)7-5-15/h4-7,14,16,18H,8-13H2,1-3H3,(H,21,24)/t16-,18-/m0/s1. The first-order valence-electron chi connectivity index (χ1n) is 9.90. The van der Waals surface area contributed by atoms with E-state index in [0.717, 1.165) is 15.6 Å². The molecule has 0 aromatic heterocycles. The number of amides is 2. The van der Waals surface area contributed by atoms with Crippen molar-refractivity contribution >= 4 is 21.8 Å². The fourth-order valence-corrected chi connectivity index (χ4v) is 5.51. The van der Waals surface area contributed by atoms with Crippen LogP contribution in [0.25, 0.3) is 0 Å². The average molecular weight is 424 g/mol. The summed E-state index contributed by atoms with van der Waals surface area (Å²) in [7, 11) is -2.00. The number of ether oxygens (including phenoxy) is 1. The summed E-state index contributed by atoms with van der Waals surface area (Å²) in [5, 5.41) is 3.00. The lowest BCUT2D eigenvalue weighted by molar-refractivity contribution is -0.131. The van der Waals surface area contributed by atoms with Gasteiger partial charge in [-0.05, 0) is 30.0 Å². The topological polar surface area (TPSA) is 96.0 Å². The van der Waals surface area contributed by atoms with Gasteiger partial charge in [-0.2, -0.15) is 0 Å². The molecule has 0 saturated carbocycles. The highest BCUT2D eigenvalue weighted by molar-refractivity contribution is 7.89. The van der Waals surface area contributed by atoms with E-state index in [0.29, 0.717) is 19.5 Å². The van der Waals surface area contributed by atoms with Crippen LogP contribution in [0.1, 0.15) is 25.8 Å². The lowest BCUT2D eigenvalue weighted by Gasteiger charge is -2.25. The second-order valence-electron chi connectivity index (χ2n) is 8.11. The van der Waals surface area contributed by atoms with Gasteiger partial charge in [0.15, 0.2) is 0 Å². The molecule has 2 saturated heterocycles. The maximum atomic E-state index is 12.9. The predicted molar refractivity (Wildman–Crippen MR) is 109 cm³/mol. The predicted octanol–water partition coefficient (Wildman–Crippen LogP) is 0.625. The van der Waals surface area contributed by atoms with Crippen LogP contribution in [-0.2, 0) is 26.0 Å². The van der Waals surface area contributed by atoms with Gasteiger partial charge < -0.3 is 10.1 Å². The van der Waals surface area contributed by atoms with Crippen molar-refractivity contribution in [3.63, 3.8) is 0 Å². The van der Waals surface area contributed by atoms with E-state index in [-0.39, 0.29) is 42.5 Å². The first-order valence-corrected chi connectivity index (χ1v) is 11.5. The highest BCUT2D eigenvalue weighted by atomic mass is 32.2. The van der Waals surface area contributed by atoms with Crippen LogP contribution in [0, 0.1) is 5.92 Å². The number of hydrogen-bond acceptors (Lipinski definition) is 6. The fraction of sp³-hybridized carbons (Fsp3) is 0.600. The van der Waals surface area contributed by atoms with Crippen LogP contribution < -0.4 is 10.1 Å². The van der Waals surface area contributed by atoms with Crippen molar-refractivity contribution in [2.24, 2.45) is 5.92 Å². The molecule has 1 aromatic carbocycles. The molecular weight excluding hydrogens is 394 g/mol. The number of benzene rings is 1. The second kappa shape index (κ2) is 8.71. The van der Waals surface area contributed by atoms with Gasteiger partial charge in [0, 0.05) is 25.7 Å². The molecule has 0 aliphatic carbocycles. The number of methoxy groups -OCH3 is 1. The SMILES string of the molecule is COc1ccc(CC(=O)N[C@H]2C[C@H]3C(=O)N(CC(C)C)S(=O)(=O)CCN3C2)cc1. The summed E-state index contributed by atoms with van der Waals surface area (Å²) in [6.07, 6.45) is 0.671. The van der Waals surface area contributed by atoms with Gasteiger partial charge in [-0.3, -0.25) is 14.5 Å². The third-order valence-corrected chi connectivity index (χ3v) is 7.03. The number of carbonyl (C=O) groups excluding carboxylic acids is 2. The second-order valence-corrected chi connectivity index (χ2v) is 10.1. The van der Waals surface area contributed by atoms with Gasteiger partial charge in [0.1, 0.15) is 5.75 Å². The summed E-state index contributed by atoms with van der Waals surface area (Å²) >= 11 is 0. The summed E-state index contributed by atoms with van der Waals surface area (Å²) in [5.74, 6) is 0.230. The van der Waals surface area contributed by atoms with Gasteiger partial charge in [-0.1, -0.05) is 26.0 Å². The van der Waals surface area contributed by atoms with E-state index >= 15 is 0 Å². The van der Waals surface area contributed by atoms with Gasteiger partial charge in [0.05, 0.1) is 25.3 Å². The molecule has 0 spiro atoms. The molecule has 0 radical (unpaired) electrons. The van der Waals surface area contributed by atoms with E-state index in [1.54, 1.807) is 7.11 Å². The molecule has 2 amide bonds. The molecule has 2 aliphatic heterocycles. The summed E-state index contributed by atoms with van der Waals surface area (Å²) in [6.45, 7) is 4.76. The fourth-order valence-electron chi connectivity index (χ4n) is 3.90. The molecule has 0 bridgehead atoms. The molecule has 29 heavy (non-hydrogen) atoms. The minimum Gasteiger partial charge on any atom is -0.497 e. The zero-order valence-corrected chi connectivity index (χ0v) is 17.9. The minimum absolute atomic E-state index is 0.0571. The van der Waals surface area contributed by atoms with Crippen molar-refractivity contribution in [3.8, 4) is 5.75 Å². The van der Waals surface area contributed by atoms with E-state index in [9.17, 15) is 18.0 Å². The Morgan fingerprint density at radius 2 is 1.97 bits per heavy atom. The van der Waals surface area contributed by atoms with Crippen molar-refractivity contribution in [1.82, 2.24) is 14.5 Å². The number of sulfonamides is 1. The molecule has 160 valence electrons. The highest BCUT2D eigenvalue weighted by Crippen LogP contribution is 2.25. The van der Waals surface area contributed by atoms with Crippen molar-refractivity contribution in [2.75, 3.05) is 32.5 Å². The van der Waals surface area contributed by atoms with Crippen molar-refractivity contribution < 1.29 is 22.7 Å². The molecule has 2 aliphatic rings. The Morgan fingerprint density at radius 3 is 2.59 bits per heavy atom. The zero-order chi connectivity index (χ0) is 21.2. The first-order chi connectivity index (χ1) is 13.7. The van der Waals surface area contributed by atoms with Crippen molar-refractivity contribution in [3.05, 3.63) is 29.8 Å². The van der Waals surface area contributed by atoms with Crippen molar-refractivity contribution in [2.45, 2.75) is 38.8 Å². The normalized spacial score (nSPS) is 24.3. The number of fused-ring (bicyclic) bond motifs is 1. The summed E-state index contributed by atoms with van der Waals surface area (Å²) < 4.78 is 31.1. The third-order valence-electron chi connectivity index (χ3n) is 5.33. The van der Waals surface area contributed by atoms with E-state index < -0.39 is 16.1 Å². The maximum absolute atomic E-state index is 12.9. The lowest BCUT2D eigenvalue weighted by atomic mass is 10.1. The summed E-state index contributed by atoms with van der Waals surface area (Å²) in [5.41, 5.74) is 0.876. The minimum atomic E-state index is -3.59. The van der Waals surface area contributed by atoms with E-state index in [1.807, 2.05) is 43.0 Å². The number of nitrogens with one attached hydrogen (secondary N) is 1. The Balaban J connectivity index is 1.62. The van der Waals surface area contributed by atoms with Gasteiger partial charge in [0.25, 0.3) is 5.91 Å². The Morgan fingerprint density at radius 1 is 1.28 bits per heavy atom. The maximum Gasteiger partial charge on any atom is 0.253 e.